The van der Waals surface area contributed by atoms with Gasteiger partial charge in [0, 0.05) is 12.1 Å². The number of non-ortho nitro benzene ring substituents is 2. The maximum Gasteiger partial charge on any atom is 0.277 e. The van der Waals surface area contributed by atoms with Crippen molar-refractivity contribution in [2.45, 2.75) is 19.5 Å². The van der Waals surface area contributed by atoms with E-state index in [1.165, 1.54) is 0 Å². The molecule has 0 fully saturated rings. The Labute approximate surface area is 120 Å². The predicted octanol–water partition coefficient (Wildman–Crippen LogP) is 1.53. The van der Waals surface area contributed by atoms with Gasteiger partial charge in [0.25, 0.3) is 17.3 Å². The van der Waals surface area contributed by atoms with Crippen LogP contribution in [0.2, 0.25) is 0 Å². The summed E-state index contributed by atoms with van der Waals surface area (Å²) in [7, 11) is 3.54. The Morgan fingerprint density at radius 2 is 1.67 bits per heavy atom. The number of nitrogens with one attached hydrogen (secondary N) is 1. The summed E-state index contributed by atoms with van der Waals surface area (Å²) in [6.45, 7) is 1.86. The molecule has 0 heterocycles. The van der Waals surface area contributed by atoms with E-state index in [0.29, 0.717) is 6.42 Å². The molecule has 1 aromatic carbocycles. The van der Waals surface area contributed by atoms with E-state index >= 15 is 0 Å². The first-order valence-electron chi connectivity index (χ1n) is 6.17. The summed E-state index contributed by atoms with van der Waals surface area (Å²) in [6, 6.07) is 2.86. The van der Waals surface area contributed by atoms with Gasteiger partial charge >= 0.3 is 0 Å². The molecule has 114 valence electrons. The van der Waals surface area contributed by atoms with Crippen LogP contribution >= 0.6 is 0 Å². The van der Waals surface area contributed by atoms with Gasteiger partial charge in [0.2, 0.25) is 0 Å². The van der Waals surface area contributed by atoms with Crippen molar-refractivity contribution in [3.05, 3.63) is 44.0 Å². The second-order valence-corrected chi connectivity index (χ2v) is 4.61. The topological polar surface area (TPSA) is 119 Å². The smallest absolute Gasteiger partial charge is 0.277 e. The standard InChI is InChI=1S/C12H16N4O5/c1-4-11(14(2)3)13-12(17)8-5-9(15(18)19)7-10(6-8)16(20)21/h5-7,11H,4H2,1-3H3,(H,13,17). The molecule has 0 aromatic heterocycles. The first kappa shape index (κ1) is 16.5. The maximum atomic E-state index is 12.1. The Bertz CT molecular complexity index is 541. The lowest BCUT2D eigenvalue weighted by Crippen LogP contribution is -2.44. The van der Waals surface area contributed by atoms with E-state index in [1.807, 2.05) is 6.92 Å². The van der Waals surface area contributed by atoms with Gasteiger partial charge in [0.15, 0.2) is 0 Å². The number of nitro benzene ring substituents is 2. The van der Waals surface area contributed by atoms with Crippen molar-refractivity contribution in [3.63, 3.8) is 0 Å². The Morgan fingerprint density at radius 1 is 1.19 bits per heavy atom. The average Bonchev–Trinajstić information content (AvgIpc) is 2.43. The van der Waals surface area contributed by atoms with Crippen LogP contribution in [0.5, 0.6) is 0 Å². The Morgan fingerprint density at radius 3 is 2.00 bits per heavy atom. The summed E-state index contributed by atoms with van der Waals surface area (Å²) >= 11 is 0. The fourth-order valence-electron chi connectivity index (χ4n) is 1.77. The lowest BCUT2D eigenvalue weighted by molar-refractivity contribution is -0.394. The molecule has 0 aliphatic rings. The highest BCUT2D eigenvalue weighted by atomic mass is 16.6. The molecular weight excluding hydrogens is 280 g/mol. The Balaban J connectivity index is 3.14. The van der Waals surface area contributed by atoms with E-state index in [4.69, 9.17) is 0 Å². The average molecular weight is 296 g/mol. The van der Waals surface area contributed by atoms with Gasteiger partial charge in [-0.25, -0.2) is 0 Å². The molecule has 9 nitrogen and oxygen atoms in total. The summed E-state index contributed by atoms with van der Waals surface area (Å²) in [5, 5.41) is 24.2. The van der Waals surface area contributed by atoms with Gasteiger partial charge in [-0.3, -0.25) is 29.9 Å². The highest BCUT2D eigenvalue weighted by Gasteiger charge is 2.21. The third kappa shape index (κ3) is 4.21. The van der Waals surface area contributed by atoms with Crippen molar-refractivity contribution in [1.82, 2.24) is 10.2 Å². The number of carbonyl (C=O) groups is 1. The molecule has 1 amide bonds. The number of amides is 1. The molecule has 21 heavy (non-hydrogen) atoms. The molecule has 0 saturated carbocycles. The molecule has 9 heteroatoms. The Kier molecular flexibility index (Phi) is 5.30. The molecule has 1 aromatic rings. The molecule has 0 saturated heterocycles. The van der Waals surface area contributed by atoms with Crippen LogP contribution in [0.4, 0.5) is 11.4 Å². The zero-order valence-corrected chi connectivity index (χ0v) is 11.9. The third-order valence-electron chi connectivity index (χ3n) is 2.89. The normalized spacial score (nSPS) is 12.0. The number of nitrogens with zero attached hydrogens (tertiary/aromatic N) is 3. The minimum absolute atomic E-state index is 0.115. The molecule has 1 atom stereocenters. The number of rotatable bonds is 6. The van der Waals surface area contributed by atoms with Crippen LogP contribution < -0.4 is 5.32 Å². The predicted molar refractivity (Wildman–Crippen MR) is 75.0 cm³/mol. The Hall–Kier alpha value is -2.55. The largest absolute Gasteiger partial charge is 0.337 e. The van der Waals surface area contributed by atoms with Gasteiger partial charge in [-0.1, -0.05) is 6.92 Å². The van der Waals surface area contributed by atoms with E-state index in [1.54, 1.807) is 19.0 Å². The minimum Gasteiger partial charge on any atom is -0.337 e. The summed E-state index contributed by atoms with van der Waals surface area (Å²) in [5.41, 5.74) is -1.10. The van der Waals surface area contributed by atoms with Crippen molar-refractivity contribution in [2.75, 3.05) is 14.1 Å². The zero-order valence-electron chi connectivity index (χ0n) is 11.9. The van der Waals surface area contributed by atoms with E-state index < -0.39 is 27.1 Å². The summed E-state index contributed by atoms with van der Waals surface area (Å²) in [5.74, 6) is -0.595. The summed E-state index contributed by atoms with van der Waals surface area (Å²) in [4.78, 5) is 33.9. The van der Waals surface area contributed by atoms with Crippen molar-refractivity contribution < 1.29 is 14.6 Å². The van der Waals surface area contributed by atoms with Gasteiger partial charge in [-0.15, -0.1) is 0 Å². The number of nitro groups is 2. The molecule has 1 unspecified atom stereocenters. The van der Waals surface area contributed by atoms with E-state index in [0.717, 1.165) is 18.2 Å². The molecule has 1 N–H and O–H groups in total. The van der Waals surface area contributed by atoms with Gasteiger partial charge in [0.05, 0.1) is 27.6 Å². The van der Waals surface area contributed by atoms with E-state index in [-0.39, 0.29) is 11.7 Å². The van der Waals surface area contributed by atoms with E-state index in [2.05, 4.69) is 5.32 Å². The lowest BCUT2D eigenvalue weighted by Gasteiger charge is -2.23. The van der Waals surface area contributed by atoms with Gasteiger partial charge in [-0.05, 0) is 20.5 Å². The lowest BCUT2D eigenvalue weighted by atomic mass is 10.1. The van der Waals surface area contributed by atoms with Crippen LogP contribution in [0.25, 0.3) is 0 Å². The summed E-state index contributed by atoms with van der Waals surface area (Å²) in [6.07, 6.45) is 0.353. The van der Waals surface area contributed by atoms with Gasteiger partial charge < -0.3 is 5.32 Å². The molecule has 0 bridgehead atoms. The SMILES string of the molecule is CCC(NC(=O)c1cc([N+](=O)[O-])cc([N+](=O)[O-])c1)N(C)C. The molecule has 0 aliphatic carbocycles. The van der Waals surface area contributed by atoms with Crippen molar-refractivity contribution in [1.29, 1.82) is 0 Å². The van der Waals surface area contributed by atoms with Crippen LogP contribution in [-0.2, 0) is 0 Å². The minimum atomic E-state index is -0.771. The summed E-state index contributed by atoms with van der Waals surface area (Å²) < 4.78 is 0. The molecule has 0 radical (unpaired) electrons. The first-order valence-corrected chi connectivity index (χ1v) is 6.17. The second-order valence-electron chi connectivity index (χ2n) is 4.61. The first-order chi connectivity index (χ1) is 9.76. The molecule has 0 spiro atoms. The third-order valence-corrected chi connectivity index (χ3v) is 2.89. The quantitative estimate of drug-likeness (QED) is 0.483. The van der Waals surface area contributed by atoms with E-state index in [9.17, 15) is 25.0 Å². The van der Waals surface area contributed by atoms with Gasteiger partial charge in [-0.2, -0.15) is 0 Å². The molecule has 1 rings (SSSR count). The molecule has 0 aliphatic heterocycles. The maximum absolute atomic E-state index is 12.1. The number of benzene rings is 1. The highest BCUT2D eigenvalue weighted by molar-refractivity contribution is 5.95. The molecular formula is C12H16N4O5. The number of carbonyl (C=O) groups excluding carboxylic acids is 1. The number of hydrogen-bond donors (Lipinski definition) is 1. The second kappa shape index (κ2) is 6.75. The van der Waals surface area contributed by atoms with Crippen LogP contribution in [0.15, 0.2) is 18.2 Å². The van der Waals surface area contributed by atoms with Crippen LogP contribution in [0, 0.1) is 20.2 Å². The zero-order chi connectivity index (χ0) is 16.2. The van der Waals surface area contributed by atoms with Crippen LogP contribution in [0.1, 0.15) is 23.7 Å². The van der Waals surface area contributed by atoms with Crippen LogP contribution in [0.3, 0.4) is 0 Å². The fourth-order valence-corrected chi connectivity index (χ4v) is 1.77. The fraction of sp³-hybridized carbons (Fsp3) is 0.417. The van der Waals surface area contributed by atoms with Gasteiger partial charge in [0.1, 0.15) is 0 Å². The highest BCUT2D eigenvalue weighted by Crippen LogP contribution is 2.22. The van der Waals surface area contributed by atoms with Crippen molar-refractivity contribution in [3.8, 4) is 0 Å². The monoisotopic (exact) mass is 296 g/mol. The van der Waals surface area contributed by atoms with Crippen molar-refractivity contribution >= 4 is 17.3 Å². The van der Waals surface area contributed by atoms with Crippen molar-refractivity contribution in [2.24, 2.45) is 0 Å². The van der Waals surface area contributed by atoms with Crippen LogP contribution in [-0.4, -0.2) is 40.9 Å². The number of hydrogen-bond acceptors (Lipinski definition) is 6.